The van der Waals surface area contributed by atoms with Crippen molar-refractivity contribution in [2.24, 2.45) is 0 Å². The average molecular weight is 378 g/mol. The Bertz CT molecular complexity index is 817. The minimum Gasteiger partial charge on any atom is -0.504 e. The second kappa shape index (κ2) is 5.78. The van der Waals surface area contributed by atoms with Gasteiger partial charge in [-0.05, 0) is 42.3 Å². The number of methoxy groups -OCH3 is 1. The van der Waals surface area contributed by atoms with E-state index in [-0.39, 0.29) is 11.5 Å². The lowest BCUT2D eigenvalue weighted by atomic mass is 10.1. The van der Waals surface area contributed by atoms with Crippen LogP contribution in [0, 0.1) is 6.92 Å². The van der Waals surface area contributed by atoms with Gasteiger partial charge in [0.2, 0.25) is 5.78 Å². The fourth-order valence-corrected chi connectivity index (χ4v) is 3.56. The quantitative estimate of drug-likeness (QED) is 0.794. The van der Waals surface area contributed by atoms with Gasteiger partial charge in [0, 0.05) is 10.7 Å². The van der Waals surface area contributed by atoms with Crippen LogP contribution >= 0.6 is 27.7 Å². The van der Waals surface area contributed by atoms with Gasteiger partial charge in [0.25, 0.3) is 0 Å². The van der Waals surface area contributed by atoms with Gasteiger partial charge in [0.1, 0.15) is 5.03 Å². The molecule has 1 aromatic heterocycles. The minimum atomic E-state index is -0.0323. The highest BCUT2D eigenvalue weighted by Gasteiger charge is 2.27. The number of nitrogens with zero attached hydrogens (tertiary/aromatic N) is 1. The van der Waals surface area contributed by atoms with E-state index in [1.165, 1.54) is 18.9 Å². The van der Waals surface area contributed by atoms with Gasteiger partial charge >= 0.3 is 0 Å². The third kappa shape index (κ3) is 2.64. The molecule has 22 heavy (non-hydrogen) atoms. The van der Waals surface area contributed by atoms with E-state index < -0.39 is 0 Å². The molecule has 3 rings (SSSR count). The highest BCUT2D eigenvalue weighted by molar-refractivity contribution is 9.10. The van der Waals surface area contributed by atoms with Gasteiger partial charge in [-0.25, -0.2) is 4.98 Å². The number of phenols is 1. The molecule has 1 aromatic carbocycles. The van der Waals surface area contributed by atoms with Crippen LogP contribution in [0.15, 0.2) is 38.8 Å². The Balaban J connectivity index is 2.03. The number of allylic oxidation sites excluding steroid dienone is 1. The summed E-state index contributed by atoms with van der Waals surface area (Å²) < 4.78 is 5.79. The summed E-state index contributed by atoms with van der Waals surface area (Å²) in [5, 5.41) is 10.5. The number of hydrogen-bond acceptors (Lipinski definition) is 5. The second-order valence-corrected chi connectivity index (χ2v) is 6.74. The number of halogens is 1. The van der Waals surface area contributed by atoms with Gasteiger partial charge < -0.3 is 9.84 Å². The SMILES string of the molecule is COc1cc(/C=C2\Sc3ncc(C)cc3C2=O)c(Br)cc1O. The number of ether oxygens (including phenoxy) is 1. The van der Waals surface area contributed by atoms with E-state index in [9.17, 15) is 9.90 Å². The number of fused-ring (bicyclic) bond motifs is 1. The highest BCUT2D eigenvalue weighted by Crippen LogP contribution is 2.41. The van der Waals surface area contributed by atoms with Gasteiger partial charge in [0.15, 0.2) is 11.5 Å². The van der Waals surface area contributed by atoms with Crippen molar-refractivity contribution < 1.29 is 14.6 Å². The summed E-state index contributed by atoms with van der Waals surface area (Å²) in [4.78, 5) is 17.4. The molecule has 0 unspecified atom stereocenters. The number of rotatable bonds is 2. The lowest BCUT2D eigenvalue weighted by molar-refractivity contribution is 0.104. The molecule has 2 heterocycles. The molecule has 2 aromatic rings. The molecule has 1 aliphatic heterocycles. The van der Waals surface area contributed by atoms with Crippen molar-refractivity contribution in [1.82, 2.24) is 4.98 Å². The lowest BCUT2D eigenvalue weighted by Crippen LogP contribution is -1.96. The molecule has 0 amide bonds. The third-order valence-corrected chi connectivity index (χ3v) is 4.98. The summed E-state index contributed by atoms with van der Waals surface area (Å²) in [5.41, 5.74) is 2.36. The number of carbonyl (C=O) groups is 1. The highest BCUT2D eigenvalue weighted by atomic mass is 79.9. The Morgan fingerprint density at radius 1 is 1.36 bits per heavy atom. The lowest BCUT2D eigenvalue weighted by Gasteiger charge is -2.07. The van der Waals surface area contributed by atoms with E-state index in [1.807, 2.05) is 13.0 Å². The van der Waals surface area contributed by atoms with E-state index in [1.54, 1.807) is 24.4 Å². The van der Waals surface area contributed by atoms with Crippen LogP contribution in [0.2, 0.25) is 0 Å². The largest absolute Gasteiger partial charge is 0.504 e. The van der Waals surface area contributed by atoms with Gasteiger partial charge in [-0.3, -0.25) is 4.79 Å². The molecule has 0 fully saturated rings. The number of aromatic hydroxyl groups is 1. The molecule has 4 nitrogen and oxygen atoms in total. The van der Waals surface area contributed by atoms with Crippen LogP contribution in [0.1, 0.15) is 21.5 Å². The topological polar surface area (TPSA) is 59.4 Å². The second-order valence-electron chi connectivity index (χ2n) is 4.85. The Morgan fingerprint density at radius 2 is 2.14 bits per heavy atom. The fraction of sp³-hybridized carbons (Fsp3) is 0.125. The van der Waals surface area contributed by atoms with Crippen molar-refractivity contribution in [2.45, 2.75) is 11.9 Å². The standard InChI is InChI=1S/C16H12BrNO3S/c1-8-3-10-15(20)14(22-16(10)18-7-8)5-9-4-13(21-2)12(19)6-11(9)17/h3-7,19H,1-2H3/b14-5-. The van der Waals surface area contributed by atoms with Gasteiger partial charge in [-0.2, -0.15) is 0 Å². The molecule has 0 bridgehead atoms. The summed E-state index contributed by atoms with van der Waals surface area (Å²) >= 11 is 4.74. The molecular formula is C16H12BrNO3S. The van der Waals surface area contributed by atoms with E-state index in [2.05, 4.69) is 20.9 Å². The van der Waals surface area contributed by atoms with E-state index >= 15 is 0 Å². The molecule has 0 radical (unpaired) electrons. The number of hydrogen-bond donors (Lipinski definition) is 1. The fourth-order valence-electron chi connectivity index (χ4n) is 2.15. The summed E-state index contributed by atoms with van der Waals surface area (Å²) in [6.45, 7) is 1.91. The van der Waals surface area contributed by atoms with Crippen molar-refractivity contribution in [3.8, 4) is 11.5 Å². The van der Waals surface area contributed by atoms with Gasteiger partial charge in [-0.15, -0.1) is 0 Å². The third-order valence-electron chi connectivity index (χ3n) is 3.25. The first-order chi connectivity index (χ1) is 10.5. The first kappa shape index (κ1) is 15.1. The van der Waals surface area contributed by atoms with Crippen molar-refractivity contribution in [2.75, 3.05) is 7.11 Å². The van der Waals surface area contributed by atoms with Crippen LogP contribution in [0.5, 0.6) is 11.5 Å². The molecule has 112 valence electrons. The number of ketones is 1. The van der Waals surface area contributed by atoms with Gasteiger partial charge in [0.05, 0.1) is 17.6 Å². The zero-order chi connectivity index (χ0) is 15.9. The molecule has 1 N–H and O–H groups in total. The maximum atomic E-state index is 12.5. The molecule has 0 spiro atoms. The maximum Gasteiger partial charge on any atom is 0.202 e. The predicted octanol–water partition coefficient (Wildman–Crippen LogP) is 4.20. The van der Waals surface area contributed by atoms with E-state index in [0.717, 1.165) is 16.2 Å². The first-order valence-corrected chi connectivity index (χ1v) is 8.08. The number of aryl methyl sites for hydroxylation is 1. The predicted molar refractivity (Wildman–Crippen MR) is 89.5 cm³/mol. The molecule has 0 atom stereocenters. The average Bonchev–Trinajstić information content (AvgIpc) is 2.78. The van der Waals surface area contributed by atoms with Crippen molar-refractivity contribution >= 4 is 39.6 Å². The number of Topliss-reactive ketones (excluding diaryl/α,β-unsaturated/α-hetero) is 1. The van der Waals surface area contributed by atoms with Crippen LogP contribution in [-0.4, -0.2) is 23.0 Å². The van der Waals surface area contributed by atoms with Crippen LogP contribution in [0.25, 0.3) is 6.08 Å². The monoisotopic (exact) mass is 377 g/mol. The number of benzene rings is 1. The smallest absolute Gasteiger partial charge is 0.202 e. The van der Waals surface area contributed by atoms with Crippen molar-refractivity contribution in [3.05, 3.63) is 50.5 Å². The Labute approximate surface area is 140 Å². The Kier molecular flexibility index (Phi) is 3.97. The maximum absolute atomic E-state index is 12.5. The minimum absolute atomic E-state index is 0.0323. The molecule has 0 saturated heterocycles. The molecule has 1 aliphatic rings. The number of thioether (sulfide) groups is 1. The van der Waals surface area contributed by atoms with Crippen LogP contribution in [0.4, 0.5) is 0 Å². The number of pyridine rings is 1. The summed E-state index contributed by atoms with van der Waals surface area (Å²) in [6, 6.07) is 5.08. The Morgan fingerprint density at radius 3 is 2.86 bits per heavy atom. The molecule has 0 saturated carbocycles. The number of phenolic OH excluding ortho intramolecular Hbond substituents is 1. The zero-order valence-corrected chi connectivity index (χ0v) is 14.3. The van der Waals surface area contributed by atoms with Crippen LogP contribution < -0.4 is 4.74 Å². The zero-order valence-electron chi connectivity index (χ0n) is 11.9. The van der Waals surface area contributed by atoms with E-state index in [0.29, 0.717) is 20.7 Å². The molecular weight excluding hydrogens is 366 g/mol. The summed E-state index contributed by atoms with van der Waals surface area (Å²) in [7, 11) is 1.48. The van der Waals surface area contributed by atoms with E-state index in [4.69, 9.17) is 4.74 Å². The molecule has 6 heteroatoms. The number of carbonyl (C=O) groups excluding carboxylic acids is 1. The van der Waals surface area contributed by atoms with Crippen LogP contribution in [0.3, 0.4) is 0 Å². The molecule has 0 aliphatic carbocycles. The van der Waals surface area contributed by atoms with Crippen molar-refractivity contribution in [3.63, 3.8) is 0 Å². The number of aromatic nitrogens is 1. The first-order valence-electron chi connectivity index (χ1n) is 6.47. The van der Waals surface area contributed by atoms with Crippen molar-refractivity contribution in [1.29, 1.82) is 0 Å². The summed E-state index contributed by atoms with van der Waals surface area (Å²) in [6.07, 6.45) is 3.53. The summed E-state index contributed by atoms with van der Waals surface area (Å²) in [5.74, 6) is 0.370. The Hall–Kier alpha value is -1.79. The van der Waals surface area contributed by atoms with Gasteiger partial charge in [-0.1, -0.05) is 27.7 Å². The normalized spacial score (nSPS) is 15.2. The van der Waals surface area contributed by atoms with Crippen LogP contribution in [-0.2, 0) is 0 Å².